The van der Waals surface area contributed by atoms with E-state index in [9.17, 15) is 13.2 Å². The lowest BCUT2D eigenvalue weighted by Gasteiger charge is -2.21. The maximum absolute atomic E-state index is 12.9. The second-order valence-electron chi connectivity index (χ2n) is 7.15. The van der Waals surface area contributed by atoms with E-state index >= 15 is 0 Å². The monoisotopic (exact) mass is 372 g/mol. The van der Waals surface area contributed by atoms with E-state index < -0.39 is 10.0 Å². The summed E-state index contributed by atoms with van der Waals surface area (Å²) in [5, 5.41) is 5.06. The summed E-state index contributed by atoms with van der Waals surface area (Å²) in [6.07, 6.45) is 0.943. The number of amides is 1. The van der Waals surface area contributed by atoms with Crippen LogP contribution in [0.1, 0.15) is 46.3 Å². The highest BCUT2D eigenvalue weighted by molar-refractivity contribution is 7.88. The van der Waals surface area contributed by atoms with Gasteiger partial charge in [-0.15, -0.1) is 0 Å². The van der Waals surface area contributed by atoms with Gasteiger partial charge in [-0.1, -0.05) is 42.0 Å². The Balaban J connectivity index is 1.72. The maximum Gasteiger partial charge on any atom is 0.254 e. The highest BCUT2D eigenvalue weighted by atomic mass is 32.2. The summed E-state index contributed by atoms with van der Waals surface area (Å²) in [5.41, 5.74) is 3.64. The molecule has 2 aromatic carbocycles. The van der Waals surface area contributed by atoms with E-state index in [2.05, 4.69) is 38.1 Å². The van der Waals surface area contributed by atoms with Crippen LogP contribution in [-0.4, -0.2) is 31.8 Å². The Morgan fingerprint density at radius 2 is 1.73 bits per heavy atom. The molecule has 5 nitrogen and oxygen atoms in total. The standard InChI is InChI=1S/C20H24N2O3S/c1-14-3-7-17(8-4-14)19-11-15(2)22(12-19)20(23)18-9-5-16(6-10-18)13-26(21,24)25/h3-10,15,19H,11-13H2,1-2H3,(H2,21,24,25)/t15-,19-/m1/s1. The predicted octanol–water partition coefficient (Wildman–Crippen LogP) is 2.80. The maximum atomic E-state index is 12.9. The van der Waals surface area contributed by atoms with Crippen molar-refractivity contribution in [2.45, 2.75) is 38.0 Å². The predicted molar refractivity (Wildman–Crippen MR) is 102 cm³/mol. The molecular weight excluding hydrogens is 348 g/mol. The summed E-state index contributed by atoms with van der Waals surface area (Å²) >= 11 is 0. The first-order chi connectivity index (χ1) is 12.2. The van der Waals surface area contributed by atoms with Crippen LogP contribution in [0.25, 0.3) is 0 Å². The largest absolute Gasteiger partial charge is 0.335 e. The molecule has 26 heavy (non-hydrogen) atoms. The molecule has 1 aliphatic heterocycles. The van der Waals surface area contributed by atoms with Gasteiger partial charge in [-0.2, -0.15) is 0 Å². The number of primary sulfonamides is 1. The quantitative estimate of drug-likeness (QED) is 0.896. The first-order valence-electron chi connectivity index (χ1n) is 8.70. The molecule has 0 saturated carbocycles. The van der Waals surface area contributed by atoms with E-state index in [0.29, 0.717) is 23.6 Å². The smallest absolute Gasteiger partial charge is 0.254 e. The minimum Gasteiger partial charge on any atom is -0.335 e. The van der Waals surface area contributed by atoms with Gasteiger partial charge in [0.05, 0.1) is 5.75 Å². The van der Waals surface area contributed by atoms with Gasteiger partial charge < -0.3 is 4.90 Å². The van der Waals surface area contributed by atoms with Gasteiger partial charge in [-0.05, 0) is 43.5 Å². The fourth-order valence-corrected chi connectivity index (χ4v) is 4.19. The molecule has 6 heteroatoms. The van der Waals surface area contributed by atoms with Crippen LogP contribution in [0.2, 0.25) is 0 Å². The fraction of sp³-hybridized carbons (Fsp3) is 0.350. The number of likely N-dealkylation sites (tertiary alicyclic amines) is 1. The zero-order chi connectivity index (χ0) is 18.9. The minimum atomic E-state index is -3.57. The Hall–Kier alpha value is -2.18. The average Bonchev–Trinajstić information content (AvgIpc) is 2.96. The number of sulfonamides is 1. The molecule has 1 fully saturated rings. The molecule has 0 aromatic heterocycles. The Morgan fingerprint density at radius 1 is 1.12 bits per heavy atom. The van der Waals surface area contributed by atoms with Crippen molar-refractivity contribution in [1.29, 1.82) is 0 Å². The van der Waals surface area contributed by atoms with Crippen molar-refractivity contribution >= 4 is 15.9 Å². The molecule has 2 atom stereocenters. The van der Waals surface area contributed by atoms with Crippen LogP contribution in [0, 0.1) is 6.92 Å². The van der Waals surface area contributed by atoms with Gasteiger partial charge in [0.15, 0.2) is 0 Å². The lowest BCUT2D eigenvalue weighted by molar-refractivity contribution is 0.0746. The van der Waals surface area contributed by atoms with Gasteiger partial charge in [-0.25, -0.2) is 13.6 Å². The Morgan fingerprint density at radius 3 is 2.31 bits per heavy atom. The van der Waals surface area contributed by atoms with Crippen molar-refractivity contribution in [2.24, 2.45) is 5.14 Å². The minimum absolute atomic E-state index is 0.0192. The molecule has 138 valence electrons. The molecule has 0 aliphatic carbocycles. The normalized spacial score (nSPS) is 20.3. The lowest BCUT2D eigenvalue weighted by atomic mass is 9.96. The third-order valence-corrected chi connectivity index (χ3v) is 5.69. The molecule has 2 N–H and O–H groups in total. The number of benzene rings is 2. The highest BCUT2D eigenvalue weighted by Gasteiger charge is 2.33. The number of carbonyl (C=O) groups is 1. The Kier molecular flexibility index (Phi) is 5.16. The van der Waals surface area contributed by atoms with Gasteiger partial charge in [-0.3, -0.25) is 4.79 Å². The highest BCUT2D eigenvalue weighted by Crippen LogP contribution is 2.32. The molecule has 0 spiro atoms. The third-order valence-electron chi connectivity index (χ3n) is 4.95. The SMILES string of the molecule is Cc1ccc([C@@H]2C[C@@H](C)N(C(=O)c3ccc(CS(N)(=O)=O)cc3)C2)cc1. The van der Waals surface area contributed by atoms with Crippen molar-refractivity contribution in [3.8, 4) is 0 Å². The Bertz CT molecular complexity index is 890. The number of hydrogen-bond donors (Lipinski definition) is 1. The van der Waals surface area contributed by atoms with Crippen LogP contribution >= 0.6 is 0 Å². The summed E-state index contributed by atoms with van der Waals surface area (Å²) < 4.78 is 22.3. The second-order valence-corrected chi connectivity index (χ2v) is 8.77. The van der Waals surface area contributed by atoms with Crippen LogP contribution in [0.15, 0.2) is 48.5 Å². The number of nitrogens with two attached hydrogens (primary N) is 1. The third kappa shape index (κ3) is 4.31. The molecule has 1 saturated heterocycles. The van der Waals surface area contributed by atoms with Crippen LogP contribution in [0.5, 0.6) is 0 Å². The van der Waals surface area contributed by atoms with Gasteiger partial charge in [0.1, 0.15) is 0 Å². The fourth-order valence-electron chi connectivity index (χ4n) is 3.54. The van der Waals surface area contributed by atoms with Crippen molar-refractivity contribution in [1.82, 2.24) is 4.90 Å². The molecular formula is C20H24N2O3S. The van der Waals surface area contributed by atoms with Gasteiger partial charge in [0.2, 0.25) is 10.0 Å². The van der Waals surface area contributed by atoms with Crippen molar-refractivity contribution in [3.05, 3.63) is 70.8 Å². The zero-order valence-electron chi connectivity index (χ0n) is 15.1. The molecule has 3 rings (SSSR count). The van der Waals surface area contributed by atoms with E-state index in [1.807, 2.05) is 4.90 Å². The lowest BCUT2D eigenvalue weighted by Crippen LogP contribution is -2.33. The van der Waals surface area contributed by atoms with E-state index in [-0.39, 0.29) is 17.7 Å². The summed E-state index contributed by atoms with van der Waals surface area (Å²) in [6, 6.07) is 15.3. The number of nitrogens with zero attached hydrogens (tertiary/aromatic N) is 1. The van der Waals surface area contributed by atoms with Crippen molar-refractivity contribution in [3.63, 3.8) is 0 Å². The number of aryl methyl sites for hydroxylation is 1. The van der Waals surface area contributed by atoms with E-state index in [1.165, 1.54) is 11.1 Å². The summed E-state index contributed by atoms with van der Waals surface area (Å²) in [6.45, 7) is 4.83. The molecule has 0 unspecified atom stereocenters. The number of rotatable bonds is 4. The molecule has 2 aromatic rings. The molecule has 0 bridgehead atoms. The second kappa shape index (κ2) is 7.21. The molecule has 0 radical (unpaired) electrons. The topological polar surface area (TPSA) is 80.5 Å². The van der Waals surface area contributed by atoms with Crippen LogP contribution < -0.4 is 5.14 Å². The number of carbonyl (C=O) groups excluding carboxylic acids is 1. The summed E-state index contributed by atoms with van der Waals surface area (Å²) in [4.78, 5) is 14.8. The number of hydrogen-bond acceptors (Lipinski definition) is 3. The Labute approximate surface area is 154 Å². The van der Waals surface area contributed by atoms with Gasteiger partial charge >= 0.3 is 0 Å². The molecule has 1 heterocycles. The summed E-state index contributed by atoms with van der Waals surface area (Å²) in [7, 11) is -3.57. The molecule has 1 amide bonds. The van der Waals surface area contributed by atoms with Crippen LogP contribution in [0.3, 0.4) is 0 Å². The average molecular weight is 372 g/mol. The van der Waals surface area contributed by atoms with Crippen molar-refractivity contribution in [2.75, 3.05) is 6.54 Å². The summed E-state index contributed by atoms with van der Waals surface area (Å²) in [5.74, 6) is 0.0994. The first-order valence-corrected chi connectivity index (χ1v) is 10.4. The van der Waals surface area contributed by atoms with Crippen LogP contribution in [-0.2, 0) is 15.8 Å². The van der Waals surface area contributed by atoms with E-state index in [0.717, 1.165) is 6.42 Å². The van der Waals surface area contributed by atoms with Crippen LogP contribution in [0.4, 0.5) is 0 Å². The van der Waals surface area contributed by atoms with Crippen molar-refractivity contribution < 1.29 is 13.2 Å². The zero-order valence-corrected chi connectivity index (χ0v) is 15.9. The molecule has 1 aliphatic rings. The van der Waals surface area contributed by atoms with E-state index in [1.54, 1.807) is 24.3 Å². The van der Waals surface area contributed by atoms with E-state index in [4.69, 9.17) is 5.14 Å². The first kappa shape index (κ1) is 18.6. The van der Waals surface area contributed by atoms with Gasteiger partial charge in [0.25, 0.3) is 5.91 Å². The van der Waals surface area contributed by atoms with Gasteiger partial charge in [0, 0.05) is 24.1 Å².